The van der Waals surface area contributed by atoms with Crippen molar-refractivity contribution in [1.82, 2.24) is 0 Å². The third kappa shape index (κ3) is 3.21. The van der Waals surface area contributed by atoms with Gasteiger partial charge in [-0.1, -0.05) is 40.9 Å². The van der Waals surface area contributed by atoms with Crippen LogP contribution in [0.5, 0.6) is 17.2 Å². The summed E-state index contributed by atoms with van der Waals surface area (Å²) in [6, 6.07) is 7.76. The SMILES string of the molecule is COc1cc2c(-c3cc(C)ccc3C(=O)O)c3cc(OC)c(=O)c(Cl)c-3oc2c(Cl)c1O. The molecule has 0 unspecified atom stereocenters. The standard InChI is InChI=1S/C23H16Cl2O7/c1-9-4-5-10(23(28)29)11(6-9)16-12-7-14(30-2)19(26)17(24)21(12)32-22-13(16)8-15(31-3)20(27)18(22)25/h4-8,26H,1-3H3,(H,28,29). The third-order valence-electron chi connectivity index (χ3n) is 5.16. The van der Waals surface area contributed by atoms with Crippen molar-refractivity contribution >= 4 is 40.1 Å². The fraction of sp³-hybridized carbons (Fsp3) is 0.130. The molecule has 0 radical (unpaired) electrons. The summed E-state index contributed by atoms with van der Waals surface area (Å²) >= 11 is 12.7. The molecule has 0 atom stereocenters. The van der Waals surface area contributed by atoms with Crippen molar-refractivity contribution in [2.24, 2.45) is 0 Å². The van der Waals surface area contributed by atoms with Gasteiger partial charge in [-0.2, -0.15) is 0 Å². The lowest BCUT2D eigenvalue weighted by atomic mass is 9.89. The molecule has 0 saturated carbocycles. The number of carboxylic acids is 1. The van der Waals surface area contributed by atoms with Crippen molar-refractivity contribution in [2.75, 3.05) is 14.2 Å². The van der Waals surface area contributed by atoms with Gasteiger partial charge < -0.3 is 24.1 Å². The average Bonchev–Trinajstić information content (AvgIpc) is 2.77. The first kappa shape index (κ1) is 21.8. The number of rotatable bonds is 4. The van der Waals surface area contributed by atoms with Gasteiger partial charge in [-0.15, -0.1) is 0 Å². The highest BCUT2D eigenvalue weighted by molar-refractivity contribution is 6.38. The zero-order valence-corrected chi connectivity index (χ0v) is 18.6. The fourth-order valence-electron chi connectivity index (χ4n) is 3.66. The molecule has 0 amide bonds. The summed E-state index contributed by atoms with van der Waals surface area (Å²) in [6.45, 7) is 1.82. The van der Waals surface area contributed by atoms with Crippen LogP contribution in [-0.4, -0.2) is 30.4 Å². The number of carbonyl (C=O) groups is 1. The van der Waals surface area contributed by atoms with E-state index in [-0.39, 0.29) is 44.2 Å². The Kier molecular flexibility index (Phi) is 5.40. The number of benzene rings is 3. The number of hydrogen-bond acceptors (Lipinski definition) is 6. The van der Waals surface area contributed by atoms with Crippen LogP contribution in [0.3, 0.4) is 0 Å². The predicted molar refractivity (Wildman–Crippen MR) is 121 cm³/mol. The van der Waals surface area contributed by atoms with Crippen molar-refractivity contribution in [3.63, 3.8) is 0 Å². The summed E-state index contributed by atoms with van der Waals surface area (Å²) < 4.78 is 16.3. The second-order valence-electron chi connectivity index (χ2n) is 7.05. The molecule has 0 saturated heterocycles. The maximum absolute atomic E-state index is 12.6. The number of aryl methyl sites for hydroxylation is 1. The fourth-order valence-corrected chi connectivity index (χ4v) is 4.12. The Morgan fingerprint density at radius 3 is 2.31 bits per heavy atom. The highest BCUT2D eigenvalue weighted by atomic mass is 35.5. The molecule has 1 heterocycles. The van der Waals surface area contributed by atoms with Crippen LogP contribution in [0.15, 0.2) is 39.5 Å². The van der Waals surface area contributed by atoms with Gasteiger partial charge in [-0.05, 0) is 30.7 Å². The molecular formula is C23H16Cl2O7. The molecule has 9 heteroatoms. The van der Waals surface area contributed by atoms with Crippen molar-refractivity contribution in [3.8, 4) is 39.7 Å². The van der Waals surface area contributed by atoms with E-state index < -0.39 is 11.4 Å². The van der Waals surface area contributed by atoms with E-state index in [2.05, 4.69) is 0 Å². The molecule has 1 aliphatic carbocycles. The Morgan fingerprint density at radius 2 is 1.69 bits per heavy atom. The Morgan fingerprint density at radius 1 is 1.00 bits per heavy atom. The number of phenolic OH excluding ortho intramolecular Hbond substituents is 1. The Balaban J connectivity index is 2.35. The first-order valence-electron chi connectivity index (χ1n) is 9.26. The van der Waals surface area contributed by atoms with Crippen LogP contribution in [0, 0.1) is 6.92 Å². The molecule has 2 aliphatic rings. The molecule has 32 heavy (non-hydrogen) atoms. The van der Waals surface area contributed by atoms with E-state index in [0.717, 1.165) is 5.56 Å². The molecule has 2 N–H and O–H groups in total. The van der Waals surface area contributed by atoms with Gasteiger partial charge in [0.2, 0.25) is 5.43 Å². The number of halogens is 2. The average molecular weight is 475 g/mol. The van der Waals surface area contributed by atoms with Gasteiger partial charge in [0, 0.05) is 16.5 Å². The Hall–Kier alpha value is -3.42. The van der Waals surface area contributed by atoms with Crippen LogP contribution in [0.4, 0.5) is 0 Å². The summed E-state index contributed by atoms with van der Waals surface area (Å²) in [5.41, 5.74) is 1.25. The number of hydrogen-bond donors (Lipinski definition) is 2. The minimum absolute atomic E-state index is 0.00820. The van der Waals surface area contributed by atoms with Crippen molar-refractivity contribution in [3.05, 3.63) is 61.7 Å². The first-order chi connectivity index (χ1) is 15.2. The van der Waals surface area contributed by atoms with Gasteiger partial charge in [0.05, 0.1) is 19.8 Å². The van der Waals surface area contributed by atoms with Crippen LogP contribution in [-0.2, 0) is 0 Å². The van der Waals surface area contributed by atoms with Gasteiger partial charge in [0.15, 0.2) is 28.6 Å². The van der Waals surface area contributed by atoms with E-state index in [1.807, 2.05) is 6.92 Å². The van der Waals surface area contributed by atoms with Gasteiger partial charge in [0.1, 0.15) is 10.0 Å². The molecular weight excluding hydrogens is 459 g/mol. The summed E-state index contributed by atoms with van der Waals surface area (Å²) in [5, 5.41) is 20.2. The maximum Gasteiger partial charge on any atom is 0.336 e. The van der Waals surface area contributed by atoms with E-state index in [9.17, 15) is 19.8 Å². The van der Waals surface area contributed by atoms with Crippen molar-refractivity contribution in [1.29, 1.82) is 0 Å². The minimum Gasteiger partial charge on any atom is -0.503 e. The van der Waals surface area contributed by atoms with Crippen LogP contribution < -0.4 is 14.9 Å². The second kappa shape index (κ2) is 7.93. The number of aromatic hydroxyl groups is 1. The van der Waals surface area contributed by atoms with Gasteiger partial charge in [-0.25, -0.2) is 4.79 Å². The minimum atomic E-state index is -1.16. The van der Waals surface area contributed by atoms with Crippen LogP contribution in [0.25, 0.3) is 33.4 Å². The molecule has 2 aromatic rings. The normalized spacial score (nSPS) is 11.2. The molecule has 0 spiro atoms. The van der Waals surface area contributed by atoms with Crippen LogP contribution in [0.2, 0.25) is 10.0 Å². The molecule has 7 nitrogen and oxygen atoms in total. The lowest BCUT2D eigenvalue weighted by Gasteiger charge is -2.20. The molecule has 0 fully saturated rings. The smallest absolute Gasteiger partial charge is 0.336 e. The molecule has 1 aliphatic heterocycles. The van der Waals surface area contributed by atoms with E-state index in [1.165, 1.54) is 32.4 Å². The van der Waals surface area contributed by atoms with Gasteiger partial charge in [0.25, 0.3) is 0 Å². The molecule has 0 aromatic heterocycles. The highest BCUT2D eigenvalue weighted by Gasteiger charge is 2.28. The zero-order chi connectivity index (χ0) is 23.3. The number of phenols is 1. The number of methoxy groups -OCH3 is 2. The largest absolute Gasteiger partial charge is 0.503 e. The Labute approximate surface area is 191 Å². The summed E-state index contributed by atoms with van der Waals surface area (Å²) in [7, 11) is 2.68. The quantitative estimate of drug-likeness (QED) is 0.370. The summed E-state index contributed by atoms with van der Waals surface area (Å²) in [5.74, 6) is -1.53. The van der Waals surface area contributed by atoms with Crippen LogP contribution >= 0.6 is 23.2 Å². The number of ether oxygens (including phenoxy) is 2. The lowest BCUT2D eigenvalue weighted by Crippen LogP contribution is -2.09. The Bertz CT molecular complexity index is 1440. The second-order valence-corrected chi connectivity index (χ2v) is 7.80. The summed E-state index contributed by atoms with van der Waals surface area (Å²) in [6.07, 6.45) is 0. The van der Waals surface area contributed by atoms with E-state index >= 15 is 0 Å². The van der Waals surface area contributed by atoms with Crippen molar-refractivity contribution in [2.45, 2.75) is 6.92 Å². The highest BCUT2D eigenvalue weighted by Crippen LogP contribution is 2.50. The topological polar surface area (TPSA) is 106 Å². The monoisotopic (exact) mass is 474 g/mol. The van der Waals surface area contributed by atoms with Gasteiger partial charge in [-0.3, -0.25) is 4.79 Å². The molecule has 4 rings (SSSR count). The molecule has 164 valence electrons. The van der Waals surface area contributed by atoms with E-state index in [1.54, 1.807) is 12.1 Å². The third-order valence-corrected chi connectivity index (χ3v) is 5.85. The first-order valence-corrected chi connectivity index (χ1v) is 10.0. The number of fused-ring (bicyclic) bond motifs is 2. The van der Waals surface area contributed by atoms with E-state index in [4.69, 9.17) is 37.1 Å². The van der Waals surface area contributed by atoms with Crippen LogP contribution in [0.1, 0.15) is 15.9 Å². The zero-order valence-electron chi connectivity index (χ0n) is 17.1. The number of carboxylic acid groups (broad SMARTS) is 1. The summed E-state index contributed by atoms with van der Waals surface area (Å²) in [4.78, 5) is 24.6. The van der Waals surface area contributed by atoms with Gasteiger partial charge >= 0.3 is 5.97 Å². The molecule has 0 bridgehead atoms. The molecule has 2 aromatic carbocycles. The van der Waals surface area contributed by atoms with E-state index in [0.29, 0.717) is 22.1 Å². The maximum atomic E-state index is 12.6. The van der Waals surface area contributed by atoms with Crippen molar-refractivity contribution < 1.29 is 28.9 Å². The number of aromatic carboxylic acids is 1. The lowest BCUT2D eigenvalue weighted by molar-refractivity contribution is 0.0697. The predicted octanol–water partition coefficient (Wildman–Crippen LogP) is 5.60.